The number of H-pyrrole nitrogens is 1. The van der Waals surface area contributed by atoms with E-state index in [0.717, 1.165) is 20.4 Å². The zero-order chi connectivity index (χ0) is 20.4. The van der Waals surface area contributed by atoms with Gasteiger partial charge in [-0.3, -0.25) is 28.3 Å². The number of hydrogen-bond donors (Lipinski definition) is 2. The van der Waals surface area contributed by atoms with E-state index in [1.807, 2.05) is 24.3 Å². The van der Waals surface area contributed by atoms with Gasteiger partial charge < -0.3 is 10.1 Å². The normalized spacial score (nSPS) is 11.0. The van der Waals surface area contributed by atoms with E-state index in [-0.39, 0.29) is 17.7 Å². The van der Waals surface area contributed by atoms with Gasteiger partial charge in [-0.25, -0.2) is 9.59 Å². The molecule has 10 nitrogen and oxygen atoms in total. The van der Waals surface area contributed by atoms with Gasteiger partial charge in [-0.1, -0.05) is 12.1 Å². The number of aromatic amines is 1. The predicted molar refractivity (Wildman–Crippen MR) is 103 cm³/mol. The average molecular weight is 387 g/mol. The summed E-state index contributed by atoms with van der Waals surface area (Å²) in [6.07, 6.45) is 0.609. The Kier molecular flexibility index (Phi) is 5.21. The molecule has 0 radical (unpaired) electrons. The first-order valence-corrected chi connectivity index (χ1v) is 8.61. The summed E-state index contributed by atoms with van der Waals surface area (Å²) in [5.41, 5.74) is -0.724. The van der Waals surface area contributed by atoms with Gasteiger partial charge in [0.05, 0.1) is 7.11 Å². The van der Waals surface area contributed by atoms with Crippen LogP contribution in [0.5, 0.6) is 5.75 Å². The molecule has 2 aromatic heterocycles. The summed E-state index contributed by atoms with van der Waals surface area (Å²) >= 11 is 0. The third-order valence-electron chi connectivity index (χ3n) is 4.56. The van der Waals surface area contributed by atoms with Gasteiger partial charge in [0, 0.05) is 20.6 Å². The highest BCUT2D eigenvalue weighted by Gasteiger charge is 2.17. The fraction of sp³-hybridized carbons (Fsp3) is 0.333. The van der Waals surface area contributed by atoms with E-state index in [9.17, 15) is 19.2 Å². The van der Waals surface area contributed by atoms with Gasteiger partial charge in [-0.15, -0.1) is 0 Å². The molecule has 0 aliphatic carbocycles. The van der Waals surface area contributed by atoms with E-state index in [4.69, 9.17) is 4.74 Å². The molecule has 0 aliphatic heterocycles. The molecule has 0 atom stereocenters. The largest absolute Gasteiger partial charge is 0.497 e. The van der Waals surface area contributed by atoms with Crippen LogP contribution in [0.4, 0.5) is 0 Å². The molecule has 1 aromatic carbocycles. The lowest BCUT2D eigenvalue weighted by atomic mass is 10.1. The molecule has 0 unspecified atom stereocenters. The standard InChI is InChI=1S/C18H21N5O5/c1-21-15-14(16(25)22(2)18(21)27)20-17(26)23(15)10-13(24)19-9-8-11-4-6-12(28-3)7-5-11/h4-7H,8-10H2,1-3H3,(H,19,24)(H,20,26). The van der Waals surface area contributed by atoms with Crippen molar-refractivity contribution in [3.05, 3.63) is 61.2 Å². The Balaban J connectivity index is 1.74. The van der Waals surface area contributed by atoms with Crippen molar-refractivity contribution in [2.75, 3.05) is 13.7 Å². The Hall–Kier alpha value is -3.56. The van der Waals surface area contributed by atoms with Crippen LogP contribution < -0.4 is 27.0 Å². The average Bonchev–Trinajstić information content (AvgIpc) is 3.01. The zero-order valence-electron chi connectivity index (χ0n) is 15.8. The Morgan fingerprint density at radius 1 is 1.11 bits per heavy atom. The molecule has 1 amide bonds. The molecule has 2 heterocycles. The summed E-state index contributed by atoms with van der Waals surface area (Å²) < 4.78 is 8.25. The van der Waals surface area contributed by atoms with E-state index in [1.165, 1.54) is 18.7 Å². The van der Waals surface area contributed by atoms with Crippen molar-refractivity contribution in [2.24, 2.45) is 14.1 Å². The first-order valence-electron chi connectivity index (χ1n) is 8.61. The van der Waals surface area contributed by atoms with E-state index in [0.29, 0.717) is 13.0 Å². The molecule has 2 N–H and O–H groups in total. The lowest BCUT2D eigenvalue weighted by molar-refractivity contribution is -0.121. The minimum absolute atomic E-state index is 0.0133. The molecule has 3 rings (SSSR count). The zero-order valence-corrected chi connectivity index (χ0v) is 15.8. The maximum absolute atomic E-state index is 12.3. The lowest BCUT2D eigenvalue weighted by Gasteiger charge is -2.09. The summed E-state index contributed by atoms with van der Waals surface area (Å²) in [5.74, 6) is 0.355. The van der Waals surface area contributed by atoms with Crippen LogP contribution in [-0.2, 0) is 31.9 Å². The molecule has 0 spiro atoms. The molecular weight excluding hydrogens is 366 g/mol. The fourth-order valence-electron chi connectivity index (χ4n) is 3.01. The monoisotopic (exact) mass is 387 g/mol. The summed E-state index contributed by atoms with van der Waals surface area (Å²) in [6.45, 7) is 0.0743. The highest BCUT2D eigenvalue weighted by molar-refractivity contribution is 5.78. The number of amides is 1. The maximum Gasteiger partial charge on any atom is 0.332 e. The van der Waals surface area contributed by atoms with Gasteiger partial charge in [-0.05, 0) is 24.1 Å². The number of hydrogen-bond acceptors (Lipinski definition) is 5. The molecule has 28 heavy (non-hydrogen) atoms. The highest BCUT2D eigenvalue weighted by atomic mass is 16.5. The maximum atomic E-state index is 12.3. The quantitative estimate of drug-likeness (QED) is 0.568. The molecule has 0 saturated heterocycles. The van der Waals surface area contributed by atoms with Crippen LogP contribution in [0.2, 0.25) is 0 Å². The molecule has 0 saturated carbocycles. The molecule has 0 aliphatic rings. The topological polar surface area (TPSA) is 120 Å². The first-order chi connectivity index (χ1) is 13.3. The van der Waals surface area contributed by atoms with Crippen LogP contribution in [0.3, 0.4) is 0 Å². The van der Waals surface area contributed by atoms with Crippen molar-refractivity contribution < 1.29 is 9.53 Å². The smallest absolute Gasteiger partial charge is 0.332 e. The van der Waals surface area contributed by atoms with E-state index in [2.05, 4.69) is 10.3 Å². The fourth-order valence-corrected chi connectivity index (χ4v) is 3.01. The summed E-state index contributed by atoms with van der Waals surface area (Å²) in [4.78, 5) is 51.2. The van der Waals surface area contributed by atoms with Gasteiger partial charge in [0.2, 0.25) is 5.91 Å². The van der Waals surface area contributed by atoms with Gasteiger partial charge in [-0.2, -0.15) is 0 Å². The third-order valence-corrected chi connectivity index (χ3v) is 4.56. The van der Waals surface area contributed by atoms with Crippen molar-refractivity contribution in [1.82, 2.24) is 24.0 Å². The Labute approximate surface area is 159 Å². The molecule has 0 bridgehead atoms. The lowest BCUT2D eigenvalue weighted by Crippen LogP contribution is -2.38. The van der Waals surface area contributed by atoms with Crippen molar-refractivity contribution in [2.45, 2.75) is 13.0 Å². The minimum Gasteiger partial charge on any atom is -0.497 e. The predicted octanol–water partition coefficient (Wildman–Crippen LogP) is -0.905. The number of ether oxygens (including phenoxy) is 1. The second-order valence-corrected chi connectivity index (χ2v) is 6.37. The molecule has 3 aromatic rings. The van der Waals surface area contributed by atoms with Crippen molar-refractivity contribution >= 4 is 17.1 Å². The second-order valence-electron chi connectivity index (χ2n) is 6.37. The van der Waals surface area contributed by atoms with Crippen LogP contribution in [-0.4, -0.2) is 38.2 Å². The minimum atomic E-state index is -0.626. The summed E-state index contributed by atoms with van der Waals surface area (Å²) in [7, 11) is 4.36. The summed E-state index contributed by atoms with van der Waals surface area (Å²) in [5, 5.41) is 2.74. The van der Waals surface area contributed by atoms with E-state index < -0.39 is 22.8 Å². The molecular formula is C18H21N5O5. The number of benzene rings is 1. The van der Waals surface area contributed by atoms with Crippen LogP contribution >= 0.6 is 0 Å². The van der Waals surface area contributed by atoms with Gasteiger partial charge in [0.15, 0.2) is 11.2 Å². The SMILES string of the molecule is COc1ccc(CCNC(=O)Cn2c(=O)[nH]c3c(=O)n(C)c(=O)n(C)c32)cc1. The van der Waals surface area contributed by atoms with Crippen LogP contribution in [0.1, 0.15) is 5.56 Å². The van der Waals surface area contributed by atoms with Crippen molar-refractivity contribution in [3.63, 3.8) is 0 Å². The summed E-state index contributed by atoms with van der Waals surface area (Å²) in [6, 6.07) is 7.48. The van der Waals surface area contributed by atoms with Gasteiger partial charge in [0.25, 0.3) is 5.56 Å². The van der Waals surface area contributed by atoms with Gasteiger partial charge in [0.1, 0.15) is 12.3 Å². The second kappa shape index (κ2) is 7.59. The van der Waals surface area contributed by atoms with Crippen LogP contribution in [0.15, 0.2) is 38.6 Å². The number of methoxy groups -OCH3 is 1. The van der Waals surface area contributed by atoms with Crippen molar-refractivity contribution in [3.8, 4) is 5.75 Å². The number of nitrogens with one attached hydrogen (secondary N) is 2. The molecule has 148 valence electrons. The van der Waals surface area contributed by atoms with Crippen LogP contribution in [0, 0.1) is 0 Å². The number of carbonyl (C=O) groups is 1. The Bertz CT molecular complexity index is 1200. The number of fused-ring (bicyclic) bond motifs is 1. The molecule has 0 fully saturated rings. The third kappa shape index (κ3) is 3.48. The number of aryl methyl sites for hydroxylation is 1. The van der Waals surface area contributed by atoms with Crippen LogP contribution in [0.25, 0.3) is 11.2 Å². The number of carbonyl (C=O) groups excluding carboxylic acids is 1. The van der Waals surface area contributed by atoms with Gasteiger partial charge >= 0.3 is 11.4 Å². The highest BCUT2D eigenvalue weighted by Crippen LogP contribution is 2.11. The Morgan fingerprint density at radius 3 is 2.43 bits per heavy atom. The number of rotatable bonds is 6. The van der Waals surface area contributed by atoms with Crippen molar-refractivity contribution in [1.29, 1.82) is 0 Å². The Morgan fingerprint density at radius 2 is 1.79 bits per heavy atom. The first kappa shape index (κ1) is 19.2. The number of aromatic nitrogens is 4. The van der Waals surface area contributed by atoms with E-state index >= 15 is 0 Å². The number of nitrogens with zero attached hydrogens (tertiary/aromatic N) is 3. The van der Waals surface area contributed by atoms with E-state index in [1.54, 1.807) is 7.11 Å². The number of imidazole rings is 1. The molecule has 10 heteroatoms.